The number of pyridine rings is 1. The third kappa shape index (κ3) is 7.68. The lowest BCUT2D eigenvalue weighted by Crippen LogP contribution is -2.47. The number of rotatable bonds is 8. The summed E-state index contributed by atoms with van der Waals surface area (Å²) >= 11 is 6.37. The minimum Gasteiger partial charge on any atom is -0.478 e. The van der Waals surface area contributed by atoms with Crippen molar-refractivity contribution in [1.29, 1.82) is 0 Å². The van der Waals surface area contributed by atoms with E-state index in [-0.39, 0.29) is 19.0 Å². The van der Waals surface area contributed by atoms with Gasteiger partial charge < -0.3 is 14.9 Å². The summed E-state index contributed by atoms with van der Waals surface area (Å²) < 4.78 is 66.5. The van der Waals surface area contributed by atoms with E-state index in [1.54, 1.807) is 17.2 Å². The molecular formula is C28H31Cl2F5N6O2. The summed E-state index contributed by atoms with van der Waals surface area (Å²) in [4.78, 5) is 22.0. The lowest BCUT2D eigenvalue weighted by molar-refractivity contribution is -0.138. The lowest BCUT2D eigenvalue weighted by atomic mass is 10.00. The molecule has 2 aliphatic rings. The number of alkyl halides is 5. The zero-order valence-corrected chi connectivity index (χ0v) is 24.6. The fourth-order valence-electron chi connectivity index (χ4n) is 5.65. The van der Waals surface area contributed by atoms with E-state index < -0.39 is 42.3 Å². The van der Waals surface area contributed by atoms with Crippen LogP contribution in [0.25, 0.3) is 11.1 Å². The van der Waals surface area contributed by atoms with Gasteiger partial charge in [-0.05, 0) is 37.1 Å². The van der Waals surface area contributed by atoms with E-state index in [9.17, 15) is 31.9 Å². The number of piperazine rings is 1. The predicted octanol–water partition coefficient (Wildman–Crippen LogP) is 6.57. The minimum absolute atomic E-state index is 0. The fraction of sp³-hybridized carbons (Fsp3) is 0.464. The van der Waals surface area contributed by atoms with Crippen molar-refractivity contribution in [2.45, 2.75) is 37.9 Å². The van der Waals surface area contributed by atoms with Gasteiger partial charge in [-0.1, -0.05) is 17.7 Å². The average molecular weight is 649 g/mol. The van der Waals surface area contributed by atoms with Gasteiger partial charge in [0.2, 0.25) is 0 Å². The van der Waals surface area contributed by atoms with Crippen molar-refractivity contribution in [3.8, 4) is 11.1 Å². The van der Waals surface area contributed by atoms with Gasteiger partial charge in [0, 0.05) is 73.8 Å². The van der Waals surface area contributed by atoms with Crippen LogP contribution in [0, 0.1) is 0 Å². The van der Waals surface area contributed by atoms with Crippen LogP contribution >= 0.6 is 24.0 Å². The summed E-state index contributed by atoms with van der Waals surface area (Å²) in [6.07, 6.45) is -4.02. The SMILES string of the molecule is Cl.O=C(O)c1cnn(C2CCCN(c3cc(Cl)ccc3-c3ccc(N4CCN(CCC(F)(F)F)CC4)nc3)C2)c1C(F)F. The largest absolute Gasteiger partial charge is 0.478 e. The number of carboxylic acids is 1. The number of halogens is 7. The van der Waals surface area contributed by atoms with Gasteiger partial charge in [-0.2, -0.15) is 18.3 Å². The normalized spacial score (nSPS) is 18.2. The molecule has 0 amide bonds. The predicted molar refractivity (Wildman–Crippen MR) is 156 cm³/mol. The van der Waals surface area contributed by atoms with Gasteiger partial charge in [-0.3, -0.25) is 9.58 Å². The number of benzene rings is 1. The second kappa shape index (κ2) is 13.6. The van der Waals surface area contributed by atoms with E-state index in [2.05, 4.69) is 10.1 Å². The van der Waals surface area contributed by atoms with Gasteiger partial charge in [0.15, 0.2) is 0 Å². The van der Waals surface area contributed by atoms with Crippen molar-refractivity contribution in [3.05, 3.63) is 59.0 Å². The Kier molecular flexibility index (Phi) is 10.4. The molecule has 0 radical (unpaired) electrons. The molecule has 2 aromatic heterocycles. The summed E-state index contributed by atoms with van der Waals surface area (Å²) in [5.74, 6) is -0.712. The molecule has 3 aromatic rings. The van der Waals surface area contributed by atoms with Crippen molar-refractivity contribution in [2.24, 2.45) is 0 Å². The number of carboxylic acid groups (broad SMARTS) is 1. The number of piperidine rings is 1. The van der Waals surface area contributed by atoms with Crippen LogP contribution < -0.4 is 9.80 Å². The monoisotopic (exact) mass is 648 g/mol. The molecule has 5 rings (SSSR count). The van der Waals surface area contributed by atoms with E-state index in [4.69, 9.17) is 11.6 Å². The molecule has 8 nitrogen and oxygen atoms in total. The fourth-order valence-corrected chi connectivity index (χ4v) is 5.81. The van der Waals surface area contributed by atoms with Gasteiger partial charge >= 0.3 is 12.1 Å². The average Bonchev–Trinajstić information content (AvgIpc) is 3.43. The van der Waals surface area contributed by atoms with Crippen LogP contribution in [0.1, 0.15) is 47.8 Å². The van der Waals surface area contributed by atoms with Gasteiger partial charge in [0.1, 0.15) is 17.1 Å². The number of hydrogen-bond donors (Lipinski definition) is 1. The first-order valence-corrected chi connectivity index (χ1v) is 14.0. The van der Waals surface area contributed by atoms with E-state index in [1.165, 1.54) is 0 Å². The third-order valence-corrected chi connectivity index (χ3v) is 8.02. The van der Waals surface area contributed by atoms with E-state index in [1.807, 2.05) is 34.1 Å². The Morgan fingerprint density at radius 1 is 1.05 bits per heavy atom. The van der Waals surface area contributed by atoms with E-state index in [0.717, 1.165) is 33.5 Å². The molecule has 1 N–H and O–H groups in total. The smallest absolute Gasteiger partial charge is 0.390 e. The second-order valence-corrected chi connectivity index (χ2v) is 10.9. The minimum atomic E-state index is -4.16. The first-order valence-electron chi connectivity index (χ1n) is 13.6. The van der Waals surface area contributed by atoms with Gasteiger partial charge in [0.05, 0.1) is 18.7 Å². The molecule has 2 saturated heterocycles. The van der Waals surface area contributed by atoms with Crippen molar-refractivity contribution in [2.75, 3.05) is 55.6 Å². The number of anilines is 2. The summed E-state index contributed by atoms with van der Waals surface area (Å²) in [6, 6.07) is 8.79. The van der Waals surface area contributed by atoms with Gasteiger partial charge in [-0.15, -0.1) is 12.4 Å². The van der Waals surface area contributed by atoms with Crippen LogP contribution in [0.15, 0.2) is 42.7 Å². The Bertz CT molecular complexity index is 1400. The maximum atomic E-state index is 13.8. The molecule has 1 unspecified atom stereocenters. The molecule has 1 aromatic carbocycles. The Morgan fingerprint density at radius 3 is 2.42 bits per heavy atom. The maximum absolute atomic E-state index is 13.8. The number of aromatic carboxylic acids is 1. The highest BCUT2D eigenvalue weighted by atomic mass is 35.5. The first-order chi connectivity index (χ1) is 20.0. The van der Waals surface area contributed by atoms with Crippen LogP contribution in [-0.4, -0.2) is 82.7 Å². The van der Waals surface area contributed by atoms with Crippen molar-refractivity contribution in [3.63, 3.8) is 0 Å². The quantitative estimate of drug-likeness (QED) is 0.277. The number of hydrogen-bond acceptors (Lipinski definition) is 6. The molecule has 0 saturated carbocycles. The highest BCUT2D eigenvalue weighted by Crippen LogP contribution is 2.38. The Morgan fingerprint density at radius 2 is 1.79 bits per heavy atom. The van der Waals surface area contributed by atoms with Gasteiger partial charge in [0.25, 0.3) is 6.43 Å². The van der Waals surface area contributed by atoms with Gasteiger partial charge in [-0.25, -0.2) is 18.6 Å². The molecule has 0 bridgehead atoms. The topological polar surface area (TPSA) is 77.7 Å². The summed E-state index contributed by atoms with van der Waals surface area (Å²) in [5, 5.41) is 13.9. The number of carbonyl (C=O) groups is 1. The second-order valence-electron chi connectivity index (χ2n) is 10.5. The van der Waals surface area contributed by atoms with Crippen LogP contribution in [0.5, 0.6) is 0 Å². The molecular weight excluding hydrogens is 618 g/mol. The zero-order valence-electron chi connectivity index (χ0n) is 23.0. The standard InChI is InChI=1S/C28H30ClF5N6O2.ClH/c29-19-4-5-21(18-3-6-24(35-15-18)38-12-10-37(11-13-38)9-7-28(32,33)34)23(14-19)39-8-1-2-20(17-39)40-25(26(30)31)22(16-36-40)27(41)42;/h3-6,14-16,20,26H,1-2,7-13,17H2,(H,41,42);1H. The lowest BCUT2D eigenvalue weighted by Gasteiger charge is -2.36. The molecule has 2 aliphatic heterocycles. The van der Waals surface area contributed by atoms with E-state index >= 15 is 0 Å². The number of aromatic nitrogens is 3. The van der Waals surface area contributed by atoms with Crippen molar-refractivity contribution in [1.82, 2.24) is 19.7 Å². The van der Waals surface area contributed by atoms with E-state index in [0.29, 0.717) is 57.1 Å². The summed E-state index contributed by atoms with van der Waals surface area (Å²) in [6.45, 7) is 3.16. The molecule has 2 fully saturated rings. The molecule has 4 heterocycles. The van der Waals surface area contributed by atoms with Crippen LogP contribution in [0.3, 0.4) is 0 Å². The number of nitrogens with zero attached hydrogens (tertiary/aromatic N) is 6. The molecule has 1 atom stereocenters. The van der Waals surface area contributed by atoms with Crippen LogP contribution in [-0.2, 0) is 0 Å². The first kappa shape index (κ1) is 32.7. The van der Waals surface area contributed by atoms with Crippen LogP contribution in [0.4, 0.5) is 33.5 Å². The highest BCUT2D eigenvalue weighted by molar-refractivity contribution is 6.31. The molecule has 15 heteroatoms. The van der Waals surface area contributed by atoms with Crippen molar-refractivity contribution >= 4 is 41.5 Å². The molecule has 0 spiro atoms. The Hall–Kier alpha value is -3.16. The van der Waals surface area contributed by atoms with Crippen molar-refractivity contribution < 1.29 is 31.9 Å². The Labute approximate surface area is 256 Å². The maximum Gasteiger partial charge on any atom is 0.390 e. The molecule has 234 valence electrons. The molecule has 43 heavy (non-hydrogen) atoms. The summed E-state index contributed by atoms with van der Waals surface area (Å²) in [5.41, 5.74) is 1.36. The Balaban J connectivity index is 0.00000423. The third-order valence-electron chi connectivity index (χ3n) is 7.78. The zero-order chi connectivity index (χ0) is 30.0. The van der Waals surface area contributed by atoms with Crippen LogP contribution in [0.2, 0.25) is 5.02 Å². The highest BCUT2D eigenvalue weighted by Gasteiger charge is 2.32. The molecule has 0 aliphatic carbocycles. The summed E-state index contributed by atoms with van der Waals surface area (Å²) in [7, 11) is 0.